The van der Waals surface area contributed by atoms with Crippen molar-refractivity contribution in [3.63, 3.8) is 0 Å². The summed E-state index contributed by atoms with van der Waals surface area (Å²) in [6.45, 7) is -0.309. The lowest BCUT2D eigenvalue weighted by atomic mass is 10.2. The maximum absolute atomic E-state index is 11.8. The lowest BCUT2D eigenvalue weighted by Gasteiger charge is -2.09. The number of hydrazone groups is 1. The Morgan fingerprint density at radius 3 is 2.52 bits per heavy atom. The minimum Gasteiger partial charge on any atom is -0.500 e. The highest BCUT2D eigenvalue weighted by Crippen LogP contribution is 2.36. The van der Waals surface area contributed by atoms with Crippen LogP contribution in [0.2, 0.25) is 0 Å². The fourth-order valence-corrected chi connectivity index (χ4v) is 2.08. The quantitative estimate of drug-likeness (QED) is 0.409. The normalized spacial score (nSPS) is 10.4. The number of aromatic hydroxyl groups is 1. The van der Waals surface area contributed by atoms with Crippen LogP contribution in [0.1, 0.15) is 5.56 Å². The van der Waals surface area contributed by atoms with E-state index < -0.39 is 22.3 Å². The minimum atomic E-state index is -0.755. The van der Waals surface area contributed by atoms with E-state index in [4.69, 9.17) is 14.2 Å². The number of hydrogen-bond acceptors (Lipinski definition) is 8. The second-order valence-electron chi connectivity index (χ2n) is 5.08. The summed E-state index contributed by atoms with van der Waals surface area (Å²) < 4.78 is 15.3. The maximum Gasteiger partial charge on any atom is 0.315 e. The molecule has 10 nitrogen and oxygen atoms in total. The molecule has 27 heavy (non-hydrogen) atoms. The topological polar surface area (TPSA) is 133 Å². The van der Waals surface area contributed by atoms with Crippen molar-refractivity contribution < 1.29 is 29.0 Å². The molecule has 0 saturated carbocycles. The Labute approximate surface area is 154 Å². The zero-order chi connectivity index (χ0) is 19.8. The van der Waals surface area contributed by atoms with Gasteiger partial charge in [-0.2, -0.15) is 5.10 Å². The van der Waals surface area contributed by atoms with Gasteiger partial charge in [-0.15, -0.1) is 0 Å². The molecule has 0 unspecified atom stereocenters. The zero-order valence-corrected chi connectivity index (χ0v) is 14.5. The van der Waals surface area contributed by atoms with Gasteiger partial charge in [0.15, 0.2) is 23.9 Å². The monoisotopic (exact) mass is 375 g/mol. The molecule has 0 aliphatic heterocycles. The van der Waals surface area contributed by atoms with E-state index in [-0.39, 0.29) is 17.9 Å². The molecule has 2 aromatic carbocycles. The first-order valence-electron chi connectivity index (χ1n) is 7.59. The van der Waals surface area contributed by atoms with Crippen LogP contribution in [-0.4, -0.2) is 43.0 Å². The number of carbonyl (C=O) groups is 1. The van der Waals surface area contributed by atoms with Crippen LogP contribution >= 0.6 is 0 Å². The van der Waals surface area contributed by atoms with Crippen molar-refractivity contribution in [2.24, 2.45) is 5.10 Å². The Bertz CT molecular complexity index is 868. The highest BCUT2D eigenvalue weighted by atomic mass is 16.6. The van der Waals surface area contributed by atoms with Gasteiger partial charge in [-0.1, -0.05) is 12.1 Å². The van der Waals surface area contributed by atoms with Gasteiger partial charge in [0.05, 0.1) is 25.4 Å². The van der Waals surface area contributed by atoms with Crippen LogP contribution in [0.3, 0.4) is 0 Å². The van der Waals surface area contributed by atoms with Crippen molar-refractivity contribution in [3.8, 4) is 23.0 Å². The number of ether oxygens (including phenoxy) is 3. The summed E-state index contributed by atoms with van der Waals surface area (Å²) in [6, 6.07) is 9.27. The van der Waals surface area contributed by atoms with Crippen molar-refractivity contribution in [1.29, 1.82) is 0 Å². The molecular weight excluding hydrogens is 358 g/mol. The molecule has 10 heteroatoms. The Balaban J connectivity index is 1.99. The van der Waals surface area contributed by atoms with E-state index in [1.165, 1.54) is 26.5 Å². The molecule has 0 bridgehead atoms. The summed E-state index contributed by atoms with van der Waals surface area (Å²) >= 11 is 0. The van der Waals surface area contributed by atoms with Crippen LogP contribution in [0.15, 0.2) is 41.5 Å². The molecule has 0 saturated heterocycles. The highest BCUT2D eigenvalue weighted by molar-refractivity contribution is 5.85. The number of carbonyl (C=O) groups excluding carboxylic acids is 1. The smallest absolute Gasteiger partial charge is 0.315 e. The average molecular weight is 375 g/mol. The average Bonchev–Trinajstić information content (AvgIpc) is 2.67. The van der Waals surface area contributed by atoms with Crippen molar-refractivity contribution in [3.05, 3.63) is 52.1 Å². The number of nitrogens with zero attached hydrogens (tertiary/aromatic N) is 2. The predicted molar refractivity (Wildman–Crippen MR) is 95.5 cm³/mol. The van der Waals surface area contributed by atoms with Gasteiger partial charge in [-0.25, -0.2) is 5.43 Å². The van der Waals surface area contributed by atoms with Gasteiger partial charge in [-0.05, 0) is 18.2 Å². The Morgan fingerprint density at radius 2 is 1.89 bits per heavy atom. The number of nitrogens with one attached hydrogen (secondary N) is 1. The number of amides is 1. The van der Waals surface area contributed by atoms with E-state index in [1.54, 1.807) is 24.3 Å². The number of benzene rings is 2. The van der Waals surface area contributed by atoms with Crippen LogP contribution in [0.25, 0.3) is 0 Å². The molecule has 0 atom stereocenters. The van der Waals surface area contributed by atoms with Crippen molar-refractivity contribution >= 4 is 17.8 Å². The molecule has 0 spiro atoms. The Hall–Kier alpha value is -3.82. The van der Waals surface area contributed by atoms with Gasteiger partial charge < -0.3 is 19.3 Å². The molecule has 2 aromatic rings. The number of nitro benzene ring substituents is 1. The summed E-state index contributed by atoms with van der Waals surface area (Å²) in [5.41, 5.74) is 1.94. The summed E-state index contributed by atoms with van der Waals surface area (Å²) in [7, 11) is 2.74. The van der Waals surface area contributed by atoms with E-state index in [1.807, 2.05) is 0 Å². The van der Waals surface area contributed by atoms with Gasteiger partial charge in [0.25, 0.3) is 5.91 Å². The van der Waals surface area contributed by atoms with Crippen molar-refractivity contribution in [2.45, 2.75) is 0 Å². The number of rotatable bonds is 8. The molecule has 1 amide bonds. The number of nitro groups is 1. The SMILES string of the molecule is COc1ccccc1OCC(=O)N/N=C\c1cc(OC)c(O)c([N+](=O)[O-])c1. The minimum absolute atomic E-state index is 0.0866. The van der Waals surface area contributed by atoms with Crippen molar-refractivity contribution in [1.82, 2.24) is 5.43 Å². The molecule has 0 heterocycles. The predicted octanol–water partition coefficient (Wildman–Crippen LogP) is 1.85. The standard InChI is InChI=1S/C17H17N3O7/c1-25-13-5-3-4-6-14(13)27-10-16(21)19-18-9-11-7-12(20(23)24)17(22)15(8-11)26-2/h3-9,22H,10H2,1-2H3,(H,19,21)/b18-9-. The van der Waals surface area contributed by atoms with E-state index in [9.17, 15) is 20.0 Å². The number of para-hydroxylation sites is 2. The number of methoxy groups -OCH3 is 2. The summed E-state index contributed by atoms with van der Waals surface area (Å²) in [5.74, 6) is -0.335. The van der Waals surface area contributed by atoms with Gasteiger partial charge >= 0.3 is 5.69 Å². The third kappa shape index (κ3) is 5.08. The van der Waals surface area contributed by atoms with Crippen LogP contribution in [-0.2, 0) is 4.79 Å². The van der Waals surface area contributed by atoms with E-state index in [0.717, 1.165) is 6.07 Å². The molecule has 2 rings (SSSR count). The highest BCUT2D eigenvalue weighted by Gasteiger charge is 2.19. The summed E-state index contributed by atoms with van der Waals surface area (Å²) in [6.07, 6.45) is 1.18. The molecule has 0 aliphatic rings. The maximum atomic E-state index is 11.8. The third-order valence-corrected chi connectivity index (χ3v) is 3.32. The van der Waals surface area contributed by atoms with E-state index in [2.05, 4.69) is 10.5 Å². The van der Waals surface area contributed by atoms with Gasteiger partial charge in [0.1, 0.15) is 0 Å². The first-order valence-corrected chi connectivity index (χ1v) is 7.59. The first-order chi connectivity index (χ1) is 13.0. The fourth-order valence-electron chi connectivity index (χ4n) is 2.08. The first kappa shape index (κ1) is 19.5. The molecule has 0 radical (unpaired) electrons. The third-order valence-electron chi connectivity index (χ3n) is 3.32. The van der Waals surface area contributed by atoms with Crippen molar-refractivity contribution in [2.75, 3.05) is 20.8 Å². The second kappa shape index (κ2) is 9.04. The Kier molecular flexibility index (Phi) is 6.53. The van der Waals surface area contributed by atoms with Gasteiger partial charge in [0.2, 0.25) is 5.75 Å². The van der Waals surface area contributed by atoms with Crippen LogP contribution < -0.4 is 19.6 Å². The summed E-state index contributed by atoms with van der Waals surface area (Å²) in [5, 5.41) is 24.4. The van der Waals surface area contributed by atoms with Crippen LogP contribution in [0.4, 0.5) is 5.69 Å². The Morgan fingerprint density at radius 1 is 1.22 bits per heavy atom. The lowest BCUT2D eigenvalue weighted by molar-refractivity contribution is -0.386. The lowest BCUT2D eigenvalue weighted by Crippen LogP contribution is -2.24. The van der Waals surface area contributed by atoms with Gasteiger partial charge in [-0.3, -0.25) is 14.9 Å². The summed E-state index contributed by atoms with van der Waals surface area (Å²) in [4.78, 5) is 22.0. The van der Waals surface area contributed by atoms with Gasteiger partial charge in [0, 0.05) is 11.6 Å². The van der Waals surface area contributed by atoms with E-state index in [0.29, 0.717) is 11.5 Å². The molecule has 0 aliphatic carbocycles. The second-order valence-corrected chi connectivity index (χ2v) is 5.08. The van der Waals surface area contributed by atoms with Crippen LogP contribution in [0.5, 0.6) is 23.0 Å². The number of phenols is 1. The van der Waals surface area contributed by atoms with E-state index >= 15 is 0 Å². The molecule has 0 fully saturated rings. The molecule has 0 aromatic heterocycles. The largest absolute Gasteiger partial charge is 0.500 e. The number of phenolic OH excluding ortho intramolecular Hbond substituents is 1. The van der Waals surface area contributed by atoms with Crippen LogP contribution in [0, 0.1) is 10.1 Å². The molecular formula is C17H17N3O7. The molecule has 2 N–H and O–H groups in total. The fraction of sp³-hybridized carbons (Fsp3) is 0.176. The number of hydrogen-bond donors (Lipinski definition) is 2. The zero-order valence-electron chi connectivity index (χ0n) is 14.5. The molecule has 142 valence electrons.